The van der Waals surface area contributed by atoms with Gasteiger partial charge in [0.05, 0.1) is 5.56 Å². The zero-order chi connectivity index (χ0) is 19.7. The van der Waals surface area contributed by atoms with Crippen LogP contribution in [0.25, 0.3) is 0 Å². The first-order valence-corrected chi connectivity index (χ1v) is 9.34. The van der Waals surface area contributed by atoms with E-state index >= 15 is 0 Å². The van der Waals surface area contributed by atoms with Crippen LogP contribution in [-0.2, 0) is 17.5 Å². The Labute approximate surface area is 182 Å². The Hall–Kier alpha value is -1.07. The molecule has 1 aromatic carbocycles. The van der Waals surface area contributed by atoms with Gasteiger partial charge in [-0.15, -0.1) is 24.0 Å². The molecule has 0 aliphatic carbocycles. The lowest BCUT2D eigenvalue weighted by Crippen LogP contribution is -2.44. The normalized spacial score (nSPS) is 18.0. The van der Waals surface area contributed by atoms with E-state index in [0.29, 0.717) is 19.7 Å². The SMILES string of the molecule is CCNC(=NCCCOC)NC1CCN(Cc2ccc(C(F)(F)F)cc2)C1.I. The predicted molar refractivity (Wildman–Crippen MR) is 116 cm³/mol. The Morgan fingerprint density at radius 2 is 2.00 bits per heavy atom. The van der Waals surface area contributed by atoms with Gasteiger partial charge in [0, 0.05) is 52.5 Å². The minimum absolute atomic E-state index is 0. The highest BCUT2D eigenvalue weighted by Gasteiger charge is 2.30. The van der Waals surface area contributed by atoms with Crippen molar-refractivity contribution in [3.8, 4) is 0 Å². The Balaban J connectivity index is 0.00000392. The van der Waals surface area contributed by atoms with E-state index in [1.807, 2.05) is 6.92 Å². The van der Waals surface area contributed by atoms with Crippen molar-refractivity contribution in [1.82, 2.24) is 15.5 Å². The van der Waals surface area contributed by atoms with Crippen molar-refractivity contribution in [3.63, 3.8) is 0 Å². The highest BCUT2D eigenvalue weighted by atomic mass is 127. The highest BCUT2D eigenvalue weighted by molar-refractivity contribution is 14.0. The Morgan fingerprint density at radius 1 is 1.29 bits per heavy atom. The first kappa shape index (κ1) is 25.0. The van der Waals surface area contributed by atoms with Crippen LogP contribution in [0, 0.1) is 0 Å². The molecule has 1 aromatic rings. The second kappa shape index (κ2) is 12.5. The number of guanidine groups is 1. The number of ether oxygens (including phenoxy) is 1. The van der Waals surface area contributed by atoms with Gasteiger partial charge in [0.15, 0.2) is 5.96 Å². The van der Waals surface area contributed by atoms with Gasteiger partial charge in [0.2, 0.25) is 0 Å². The lowest BCUT2D eigenvalue weighted by Gasteiger charge is -2.19. The number of alkyl halides is 3. The minimum Gasteiger partial charge on any atom is -0.385 e. The quantitative estimate of drug-likeness (QED) is 0.242. The van der Waals surface area contributed by atoms with Crippen LogP contribution in [0.5, 0.6) is 0 Å². The fourth-order valence-corrected chi connectivity index (χ4v) is 3.06. The number of benzene rings is 1. The largest absolute Gasteiger partial charge is 0.416 e. The third kappa shape index (κ3) is 8.52. The van der Waals surface area contributed by atoms with Crippen molar-refractivity contribution in [3.05, 3.63) is 35.4 Å². The topological polar surface area (TPSA) is 48.9 Å². The van der Waals surface area contributed by atoms with Crippen LogP contribution in [0.3, 0.4) is 0 Å². The van der Waals surface area contributed by atoms with Crippen LogP contribution in [0.2, 0.25) is 0 Å². The van der Waals surface area contributed by atoms with E-state index in [1.54, 1.807) is 19.2 Å². The molecule has 28 heavy (non-hydrogen) atoms. The summed E-state index contributed by atoms with van der Waals surface area (Å²) >= 11 is 0. The van der Waals surface area contributed by atoms with Crippen LogP contribution in [-0.4, -0.2) is 56.8 Å². The molecule has 1 unspecified atom stereocenters. The second-order valence-corrected chi connectivity index (χ2v) is 6.67. The van der Waals surface area contributed by atoms with Crippen LogP contribution in [0.15, 0.2) is 29.3 Å². The maximum absolute atomic E-state index is 12.6. The van der Waals surface area contributed by atoms with E-state index in [4.69, 9.17) is 4.74 Å². The number of likely N-dealkylation sites (tertiary alicyclic amines) is 1. The molecule has 160 valence electrons. The molecule has 5 nitrogen and oxygen atoms in total. The number of hydrogen-bond acceptors (Lipinski definition) is 3. The third-order valence-electron chi connectivity index (χ3n) is 4.42. The molecule has 1 aliphatic rings. The molecule has 1 fully saturated rings. The molecular formula is C19H30F3IN4O. The zero-order valence-corrected chi connectivity index (χ0v) is 18.7. The fraction of sp³-hybridized carbons (Fsp3) is 0.632. The average molecular weight is 514 g/mol. The summed E-state index contributed by atoms with van der Waals surface area (Å²) in [5.74, 6) is 0.801. The summed E-state index contributed by atoms with van der Waals surface area (Å²) in [5, 5.41) is 6.69. The zero-order valence-electron chi connectivity index (χ0n) is 16.4. The molecule has 2 rings (SSSR count). The molecule has 1 aliphatic heterocycles. The molecular weight excluding hydrogens is 484 g/mol. The first-order valence-electron chi connectivity index (χ1n) is 9.34. The second-order valence-electron chi connectivity index (χ2n) is 6.67. The van der Waals surface area contributed by atoms with Crippen LogP contribution >= 0.6 is 24.0 Å². The molecule has 2 N–H and O–H groups in total. The van der Waals surface area contributed by atoms with E-state index in [9.17, 15) is 13.2 Å². The molecule has 1 heterocycles. The van der Waals surface area contributed by atoms with Crippen molar-refractivity contribution in [2.75, 3.05) is 39.9 Å². The average Bonchev–Trinajstić information content (AvgIpc) is 3.05. The lowest BCUT2D eigenvalue weighted by molar-refractivity contribution is -0.137. The summed E-state index contributed by atoms with van der Waals surface area (Å²) < 4.78 is 43.0. The van der Waals surface area contributed by atoms with E-state index in [2.05, 4.69) is 20.5 Å². The van der Waals surface area contributed by atoms with Gasteiger partial charge in [0.1, 0.15) is 0 Å². The summed E-state index contributed by atoms with van der Waals surface area (Å²) in [6.07, 6.45) is -2.44. The van der Waals surface area contributed by atoms with Gasteiger partial charge in [-0.05, 0) is 37.5 Å². The fourth-order valence-electron chi connectivity index (χ4n) is 3.06. The Kier molecular flexibility index (Phi) is 11.1. The number of hydrogen-bond donors (Lipinski definition) is 2. The standard InChI is InChI=1S/C19H29F3N4O.HI/c1-3-23-18(24-10-4-12-27-2)25-17-9-11-26(14-17)13-15-5-7-16(8-6-15)19(20,21)22;/h5-8,17H,3-4,9-14H2,1-2H3,(H2,23,24,25);1H. The minimum atomic E-state index is -4.29. The Bertz CT molecular complexity index is 596. The van der Waals surface area contributed by atoms with Crippen molar-refractivity contribution >= 4 is 29.9 Å². The third-order valence-corrected chi connectivity index (χ3v) is 4.42. The van der Waals surface area contributed by atoms with E-state index in [-0.39, 0.29) is 30.0 Å². The molecule has 0 aromatic heterocycles. The predicted octanol–water partition coefficient (Wildman–Crippen LogP) is 3.49. The van der Waals surface area contributed by atoms with Gasteiger partial charge in [-0.2, -0.15) is 13.2 Å². The maximum atomic E-state index is 12.6. The molecule has 9 heteroatoms. The number of halogens is 4. The number of aliphatic imine (C=N–C) groups is 1. The van der Waals surface area contributed by atoms with Crippen molar-refractivity contribution in [2.24, 2.45) is 4.99 Å². The monoisotopic (exact) mass is 514 g/mol. The lowest BCUT2D eigenvalue weighted by atomic mass is 10.1. The van der Waals surface area contributed by atoms with Gasteiger partial charge in [-0.3, -0.25) is 9.89 Å². The van der Waals surface area contributed by atoms with Gasteiger partial charge < -0.3 is 15.4 Å². The molecule has 1 saturated heterocycles. The molecule has 0 spiro atoms. The van der Waals surface area contributed by atoms with Gasteiger partial charge in [-0.1, -0.05) is 12.1 Å². The van der Waals surface area contributed by atoms with Crippen LogP contribution in [0.4, 0.5) is 13.2 Å². The smallest absolute Gasteiger partial charge is 0.385 e. The molecule has 0 amide bonds. The molecule has 1 atom stereocenters. The summed E-state index contributed by atoms with van der Waals surface area (Å²) in [5.41, 5.74) is 0.288. The molecule has 0 saturated carbocycles. The highest BCUT2D eigenvalue weighted by Crippen LogP contribution is 2.29. The first-order chi connectivity index (χ1) is 12.9. The molecule has 0 bridgehead atoms. The summed E-state index contributed by atoms with van der Waals surface area (Å²) in [6.45, 7) is 6.59. The van der Waals surface area contributed by atoms with Crippen molar-refractivity contribution < 1.29 is 17.9 Å². The van der Waals surface area contributed by atoms with E-state index < -0.39 is 11.7 Å². The number of methoxy groups -OCH3 is 1. The van der Waals surface area contributed by atoms with Gasteiger partial charge >= 0.3 is 6.18 Å². The van der Waals surface area contributed by atoms with E-state index in [1.165, 1.54) is 0 Å². The summed E-state index contributed by atoms with van der Waals surface area (Å²) in [4.78, 5) is 6.79. The maximum Gasteiger partial charge on any atom is 0.416 e. The number of nitrogens with zero attached hydrogens (tertiary/aromatic N) is 2. The van der Waals surface area contributed by atoms with E-state index in [0.717, 1.165) is 56.1 Å². The number of nitrogens with one attached hydrogen (secondary N) is 2. The Morgan fingerprint density at radius 3 is 2.61 bits per heavy atom. The molecule has 0 radical (unpaired) electrons. The summed E-state index contributed by atoms with van der Waals surface area (Å²) in [6, 6.07) is 5.70. The van der Waals surface area contributed by atoms with Gasteiger partial charge in [-0.25, -0.2) is 0 Å². The van der Waals surface area contributed by atoms with Crippen LogP contribution in [0.1, 0.15) is 30.9 Å². The van der Waals surface area contributed by atoms with Crippen molar-refractivity contribution in [2.45, 2.75) is 38.5 Å². The summed E-state index contributed by atoms with van der Waals surface area (Å²) in [7, 11) is 1.68. The van der Waals surface area contributed by atoms with Crippen LogP contribution < -0.4 is 10.6 Å². The van der Waals surface area contributed by atoms with Crippen molar-refractivity contribution in [1.29, 1.82) is 0 Å². The van der Waals surface area contributed by atoms with Gasteiger partial charge in [0.25, 0.3) is 0 Å². The number of rotatable bonds is 8.